The van der Waals surface area contributed by atoms with Gasteiger partial charge in [0.2, 0.25) is 0 Å². The third kappa shape index (κ3) is 3.79. The molecule has 0 aliphatic heterocycles. The lowest BCUT2D eigenvalue weighted by molar-refractivity contribution is 0.339. The second-order valence-electron chi connectivity index (χ2n) is 2.17. The summed E-state index contributed by atoms with van der Waals surface area (Å²) < 4.78 is 5.36. The number of benzene rings is 1. The highest BCUT2D eigenvalue weighted by Crippen LogP contribution is 2.18. The quantitative estimate of drug-likeness (QED) is 0.685. The summed E-state index contributed by atoms with van der Waals surface area (Å²) in [6, 6.07) is 7.86. The van der Waals surface area contributed by atoms with Crippen LogP contribution in [0.25, 0.3) is 6.08 Å². The zero-order valence-electron chi connectivity index (χ0n) is 8.71. The molecule has 0 saturated heterocycles. The summed E-state index contributed by atoms with van der Waals surface area (Å²) in [4.78, 5) is 0. The molecule has 0 amide bonds. The average molecular weight is 178 g/mol. The van der Waals surface area contributed by atoms with Crippen LogP contribution in [0.15, 0.2) is 30.8 Å². The van der Waals surface area contributed by atoms with Gasteiger partial charge < -0.3 is 4.74 Å². The number of rotatable bonds is 3. The summed E-state index contributed by atoms with van der Waals surface area (Å²) in [6.07, 6.45) is 1.80. The van der Waals surface area contributed by atoms with Gasteiger partial charge >= 0.3 is 0 Å². The average Bonchev–Trinajstić information content (AvgIpc) is 2.22. The van der Waals surface area contributed by atoms with Gasteiger partial charge in [0.05, 0.1) is 6.61 Å². The molecule has 0 aliphatic carbocycles. The van der Waals surface area contributed by atoms with Crippen molar-refractivity contribution in [1.29, 1.82) is 0 Å². The Labute approximate surface area is 81.1 Å². The van der Waals surface area contributed by atoms with Crippen molar-refractivity contribution in [2.75, 3.05) is 6.61 Å². The van der Waals surface area contributed by atoms with Crippen LogP contribution in [0.2, 0.25) is 0 Å². The zero-order chi connectivity index (χ0) is 10.1. The van der Waals surface area contributed by atoms with E-state index in [1.165, 1.54) is 0 Å². The predicted molar refractivity (Wildman–Crippen MR) is 59.1 cm³/mol. The Bertz CT molecular complexity index is 241. The fourth-order valence-electron chi connectivity index (χ4n) is 0.936. The van der Waals surface area contributed by atoms with Gasteiger partial charge in [0.25, 0.3) is 0 Å². The Morgan fingerprint density at radius 3 is 2.46 bits per heavy atom. The van der Waals surface area contributed by atoms with Gasteiger partial charge in [-0.1, -0.05) is 44.7 Å². The van der Waals surface area contributed by atoms with E-state index in [-0.39, 0.29) is 0 Å². The van der Waals surface area contributed by atoms with Crippen molar-refractivity contribution in [2.45, 2.75) is 20.8 Å². The SMILES string of the molecule is C=Cc1ccccc1OCC.CC. The molecule has 0 saturated carbocycles. The zero-order valence-corrected chi connectivity index (χ0v) is 8.71. The second kappa shape index (κ2) is 7.41. The van der Waals surface area contributed by atoms with Gasteiger partial charge in [0.15, 0.2) is 0 Å². The Hall–Kier alpha value is -1.24. The molecule has 0 aliphatic rings. The molecule has 1 aromatic carbocycles. The van der Waals surface area contributed by atoms with Crippen molar-refractivity contribution < 1.29 is 4.74 Å². The predicted octanol–water partition coefficient (Wildman–Crippen LogP) is 3.75. The van der Waals surface area contributed by atoms with Crippen LogP contribution in [-0.2, 0) is 0 Å². The molecular formula is C12H18O. The van der Waals surface area contributed by atoms with Crippen LogP contribution in [0.5, 0.6) is 5.75 Å². The van der Waals surface area contributed by atoms with Gasteiger partial charge in [-0.3, -0.25) is 0 Å². The van der Waals surface area contributed by atoms with Crippen LogP contribution in [0.1, 0.15) is 26.3 Å². The minimum atomic E-state index is 0.699. The molecule has 0 atom stereocenters. The highest BCUT2D eigenvalue weighted by Gasteiger charge is 1.95. The lowest BCUT2D eigenvalue weighted by atomic mass is 10.2. The monoisotopic (exact) mass is 178 g/mol. The maximum atomic E-state index is 5.36. The van der Waals surface area contributed by atoms with Crippen molar-refractivity contribution in [1.82, 2.24) is 0 Å². The van der Waals surface area contributed by atoms with Gasteiger partial charge in [0, 0.05) is 5.56 Å². The van der Waals surface area contributed by atoms with E-state index in [1.807, 2.05) is 45.0 Å². The standard InChI is InChI=1S/C10H12O.C2H6/c1-3-9-7-5-6-8-10(9)11-4-2;1-2/h3,5-8H,1,4H2,2H3;1-2H3. The van der Waals surface area contributed by atoms with E-state index >= 15 is 0 Å². The van der Waals surface area contributed by atoms with Gasteiger partial charge in [-0.2, -0.15) is 0 Å². The Kier molecular flexibility index (Phi) is 6.70. The van der Waals surface area contributed by atoms with Crippen molar-refractivity contribution >= 4 is 6.08 Å². The van der Waals surface area contributed by atoms with Crippen molar-refractivity contribution in [3.63, 3.8) is 0 Å². The maximum absolute atomic E-state index is 5.36. The first-order chi connectivity index (χ1) is 6.38. The van der Waals surface area contributed by atoms with Crippen molar-refractivity contribution in [3.05, 3.63) is 36.4 Å². The molecule has 0 spiro atoms. The molecule has 1 nitrogen and oxygen atoms in total. The molecule has 0 aromatic heterocycles. The van der Waals surface area contributed by atoms with E-state index in [1.54, 1.807) is 6.08 Å². The van der Waals surface area contributed by atoms with Crippen LogP contribution in [0, 0.1) is 0 Å². The number of hydrogen-bond donors (Lipinski definition) is 0. The summed E-state index contributed by atoms with van der Waals surface area (Å²) in [6.45, 7) is 10.4. The van der Waals surface area contributed by atoms with E-state index in [4.69, 9.17) is 4.74 Å². The highest BCUT2D eigenvalue weighted by molar-refractivity contribution is 5.55. The molecule has 1 aromatic rings. The lowest BCUT2D eigenvalue weighted by Crippen LogP contribution is -1.92. The van der Waals surface area contributed by atoms with Crippen LogP contribution < -0.4 is 4.74 Å². The van der Waals surface area contributed by atoms with Crippen LogP contribution >= 0.6 is 0 Å². The minimum absolute atomic E-state index is 0.699. The van der Waals surface area contributed by atoms with Crippen LogP contribution in [-0.4, -0.2) is 6.61 Å². The molecule has 0 heterocycles. The molecule has 0 fully saturated rings. The van der Waals surface area contributed by atoms with Gasteiger partial charge in [-0.25, -0.2) is 0 Å². The van der Waals surface area contributed by atoms with Crippen LogP contribution in [0.4, 0.5) is 0 Å². The maximum Gasteiger partial charge on any atom is 0.126 e. The second-order valence-corrected chi connectivity index (χ2v) is 2.17. The molecular weight excluding hydrogens is 160 g/mol. The van der Waals surface area contributed by atoms with Crippen LogP contribution in [0.3, 0.4) is 0 Å². The molecule has 0 N–H and O–H groups in total. The Morgan fingerprint density at radius 1 is 1.31 bits per heavy atom. The van der Waals surface area contributed by atoms with E-state index in [0.29, 0.717) is 6.61 Å². The van der Waals surface area contributed by atoms with E-state index in [0.717, 1.165) is 11.3 Å². The van der Waals surface area contributed by atoms with E-state index in [2.05, 4.69) is 6.58 Å². The third-order valence-electron chi connectivity index (χ3n) is 1.44. The highest BCUT2D eigenvalue weighted by atomic mass is 16.5. The number of ether oxygens (including phenoxy) is 1. The Morgan fingerprint density at radius 2 is 1.92 bits per heavy atom. The smallest absolute Gasteiger partial charge is 0.126 e. The summed E-state index contributed by atoms with van der Waals surface area (Å²) >= 11 is 0. The first-order valence-electron chi connectivity index (χ1n) is 4.72. The molecule has 0 bridgehead atoms. The first kappa shape index (κ1) is 11.8. The normalized spacial score (nSPS) is 8.23. The molecule has 1 heteroatoms. The molecule has 0 radical (unpaired) electrons. The summed E-state index contributed by atoms with van der Waals surface area (Å²) in [5.74, 6) is 0.907. The van der Waals surface area contributed by atoms with Gasteiger partial charge in [-0.15, -0.1) is 0 Å². The molecule has 1 rings (SSSR count). The van der Waals surface area contributed by atoms with E-state index < -0.39 is 0 Å². The first-order valence-corrected chi connectivity index (χ1v) is 4.72. The Balaban J connectivity index is 0.000000671. The summed E-state index contributed by atoms with van der Waals surface area (Å²) in [5.41, 5.74) is 1.05. The van der Waals surface area contributed by atoms with E-state index in [9.17, 15) is 0 Å². The molecule has 72 valence electrons. The minimum Gasteiger partial charge on any atom is -0.493 e. The molecule has 13 heavy (non-hydrogen) atoms. The van der Waals surface area contributed by atoms with Gasteiger partial charge in [-0.05, 0) is 13.0 Å². The van der Waals surface area contributed by atoms with Crippen molar-refractivity contribution in [2.24, 2.45) is 0 Å². The summed E-state index contributed by atoms with van der Waals surface area (Å²) in [7, 11) is 0. The number of hydrogen-bond acceptors (Lipinski definition) is 1. The third-order valence-corrected chi connectivity index (χ3v) is 1.44. The fraction of sp³-hybridized carbons (Fsp3) is 0.333. The lowest BCUT2D eigenvalue weighted by Gasteiger charge is -2.05. The largest absolute Gasteiger partial charge is 0.493 e. The number of para-hydroxylation sites is 1. The fourth-order valence-corrected chi connectivity index (χ4v) is 0.936. The molecule has 0 unspecified atom stereocenters. The summed E-state index contributed by atoms with van der Waals surface area (Å²) in [5, 5.41) is 0. The topological polar surface area (TPSA) is 9.23 Å². The van der Waals surface area contributed by atoms with Gasteiger partial charge in [0.1, 0.15) is 5.75 Å². The van der Waals surface area contributed by atoms with Crippen molar-refractivity contribution in [3.8, 4) is 5.75 Å².